The van der Waals surface area contributed by atoms with Crippen molar-refractivity contribution in [2.75, 3.05) is 26.1 Å². The highest BCUT2D eigenvalue weighted by Gasteiger charge is 2.10. The molecule has 1 aromatic heterocycles. The van der Waals surface area contributed by atoms with E-state index in [2.05, 4.69) is 16.6 Å². The molecule has 0 aromatic carbocycles. The van der Waals surface area contributed by atoms with Gasteiger partial charge >= 0.3 is 0 Å². The van der Waals surface area contributed by atoms with Crippen LogP contribution in [-0.2, 0) is 21.3 Å². The monoisotopic (exact) mass is 317 g/mol. The van der Waals surface area contributed by atoms with Gasteiger partial charge in [0, 0.05) is 31.6 Å². The molecule has 20 heavy (non-hydrogen) atoms. The summed E-state index contributed by atoms with van der Waals surface area (Å²) in [5.74, 6) is 5.81. The van der Waals surface area contributed by atoms with Crippen LogP contribution in [0.2, 0.25) is 0 Å². The number of nitrogens with one attached hydrogen (secondary N) is 1. The normalized spacial score (nSPS) is 11.1. The van der Waals surface area contributed by atoms with Gasteiger partial charge in [0.2, 0.25) is 10.0 Å². The van der Waals surface area contributed by atoms with Crippen molar-refractivity contribution in [2.24, 2.45) is 0 Å². The Labute approximate surface area is 124 Å². The van der Waals surface area contributed by atoms with Crippen LogP contribution in [0.25, 0.3) is 0 Å². The number of aliphatic hydroxyl groups is 1. The van der Waals surface area contributed by atoms with E-state index in [1.165, 1.54) is 11.3 Å². The number of ether oxygens (including phenoxy) is 1. The highest BCUT2D eigenvalue weighted by Crippen LogP contribution is 2.15. The van der Waals surface area contributed by atoms with Gasteiger partial charge < -0.3 is 9.84 Å². The van der Waals surface area contributed by atoms with Crippen molar-refractivity contribution in [3.05, 3.63) is 21.9 Å². The van der Waals surface area contributed by atoms with Crippen LogP contribution in [0.3, 0.4) is 0 Å². The molecule has 112 valence electrons. The molecule has 0 fully saturated rings. The van der Waals surface area contributed by atoms with E-state index in [9.17, 15) is 8.42 Å². The van der Waals surface area contributed by atoms with E-state index in [0.29, 0.717) is 19.4 Å². The molecular weight excluding hydrogens is 298 g/mol. The fourth-order valence-electron chi connectivity index (χ4n) is 1.39. The molecule has 0 radical (unpaired) electrons. The summed E-state index contributed by atoms with van der Waals surface area (Å²) in [4.78, 5) is 1.78. The molecule has 0 aliphatic heterocycles. The second-order valence-electron chi connectivity index (χ2n) is 4.03. The Bertz CT molecular complexity index is 554. The fraction of sp³-hybridized carbons (Fsp3) is 0.538. The summed E-state index contributed by atoms with van der Waals surface area (Å²) in [5.41, 5.74) is 0. The topological polar surface area (TPSA) is 75.6 Å². The molecule has 7 heteroatoms. The number of rotatable bonds is 8. The van der Waals surface area contributed by atoms with Crippen molar-refractivity contribution in [1.29, 1.82) is 0 Å². The quantitative estimate of drug-likeness (QED) is 0.553. The average molecular weight is 317 g/mol. The molecule has 2 N–H and O–H groups in total. The minimum absolute atomic E-state index is 0.0481. The number of hydrogen-bond donors (Lipinski definition) is 2. The van der Waals surface area contributed by atoms with E-state index < -0.39 is 10.0 Å². The van der Waals surface area contributed by atoms with Gasteiger partial charge in [-0.05, 0) is 18.6 Å². The van der Waals surface area contributed by atoms with Gasteiger partial charge in [-0.3, -0.25) is 0 Å². The molecule has 1 aromatic rings. The molecule has 0 aliphatic rings. The van der Waals surface area contributed by atoms with Crippen molar-refractivity contribution in [2.45, 2.75) is 19.4 Å². The number of thiophene rings is 1. The van der Waals surface area contributed by atoms with Gasteiger partial charge in [0.05, 0.1) is 17.2 Å². The summed E-state index contributed by atoms with van der Waals surface area (Å²) >= 11 is 1.45. The molecule has 0 aliphatic carbocycles. The SMILES string of the molecule is COCCCS(=O)(=O)NCc1ccc(C#CCCO)s1. The van der Waals surface area contributed by atoms with Crippen LogP contribution in [0.4, 0.5) is 0 Å². The van der Waals surface area contributed by atoms with Crippen LogP contribution in [0.5, 0.6) is 0 Å². The number of aliphatic hydroxyl groups excluding tert-OH is 1. The van der Waals surface area contributed by atoms with E-state index >= 15 is 0 Å². The number of sulfonamides is 1. The zero-order valence-electron chi connectivity index (χ0n) is 11.4. The second-order valence-corrected chi connectivity index (χ2v) is 7.12. The number of methoxy groups -OCH3 is 1. The smallest absolute Gasteiger partial charge is 0.212 e. The minimum atomic E-state index is -3.26. The Kier molecular flexibility index (Phi) is 7.80. The molecule has 0 spiro atoms. The van der Waals surface area contributed by atoms with E-state index in [0.717, 1.165) is 9.75 Å². The van der Waals surface area contributed by atoms with Crippen molar-refractivity contribution in [1.82, 2.24) is 4.72 Å². The maximum Gasteiger partial charge on any atom is 0.212 e. The van der Waals surface area contributed by atoms with Crippen LogP contribution >= 0.6 is 11.3 Å². The lowest BCUT2D eigenvalue weighted by Gasteiger charge is -2.04. The molecule has 0 amide bonds. The van der Waals surface area contributed by atoms with Gasteiger partial charge in [0.1, 0.15) is 0 Å². The molecule has 0 unspecified atom stereocenters. The van der Waals surface area contributed by atoms with Crippen molar-refractivity contribution in [3.8, 4) is 11.8 Å². The van der Waals surface area contributed by atoms with Crippen molar-refractivity contribution >= 4 is 21.4 Å². The van der Waals surface area contributed by atoms with Gasteiger partial charge in [0.25, 0.3) is 0 Å². The van der Waals surface area contributed by atoms with E-state index in [1.807, 2.05) is 12.1 Å². The lowest BCUT2D eigenvalue weighted by Crippen LogP contribution is -2.26. The Morgan fingerprint density at radius 3 is 2.95 bits per heavy atom. The van der Waals surface area contributed by atoms with Crippen LogP contribution in [0.15, 0.2) is 12.1 Å². The largest absolute Gasteiger partial charge is 0.395 e. The van der Waals surface area contributed by atoms with Crippen molar-refractivity contribution < 1.29 is 18.3 Å². The average Bonchev–Trinajstić information content (AvgIpc) is 2.85. The first-order valence-electron chi connectivity index (χ1n) is 6.22. The van der Waals surface area contributed by atoms with Gasteiger partial charge in [-0.1, -0.05) is 11.8 Å². The lowest BCUT2D eigenvalue weighted by molar-refractivity contribution is 0.199. The summed E-state index contributed by atoms with van der Waals surface area (Å²) in [5, 5.41) is 8.63. The summed E-state index contributed by atoms with van der Waals surface area (Å²) < 4.78 is 30.7. The van der Waals surface area contributed by atoms with Crippen LogP contribution in [0, 0.1) is 11.8 Å². The van der Waals surface area contributed by atoms with Gasteiger partial charge in [-0.25, -0.2) is 13.1 Å². The predicted molar refractivity (Wildman–Crippen MR) is 80.0 cm³/mol. The first kappa shape index (κ1) is 17.1. The van der Waals surface area contributed by atoms with E-state index in [-0.39, 0.29) is 18.9 Å². The predicted octanol–water partition coefficient (Wildman–Crippen LogP) is 0.938. The Balaban J connectivity index is 2.44. The molecule has 0 atom stereocenters. The minimum Gasteiger partial charge on any atom is -0.395 e. The van der Waals surface area contributed by atoms with Gasteiger partial charge in [-0.2, -0.15) is 0 Å². The fourth-order valence-corrected chi connectivity index (χ4v) is 3.32. The van der Waals surface area contributed by atoms with Crippen LogP contribution in [-0.4, -0.2) is 39.6 Å². The summed E-state index contributed by atoms with van der Waals surface area (Å²) in [6, 6.07) is 3.70. The molecule has 1 rings (SSSR count). The Morgan fingerprint density at radius 2 is 2.25 bits per heavy atom. The van der Waals surface area contributed by atoms with Crippen LogP contribution in [0.1, 0.15) is 22.6 Å². The highest BCUT2D eigenvalue weighted by molar-refractivity contribution is 7.89. The third kappa shape index (κ3) is 7.03. The maximum atomic E-state index is 11.7. The first-order valence-corrected chi connectivity index (χ1v) is 8.69. The molecule has 5 nitrogen and oxygen atoms in total. The highest BCUT2D eigenvalue weighted by atomic mass is 32.2. The van der Waals surface area contributed by atoms with E-state index in [4.69, 9.17) is 9.84 Å². The lowest BCUT2D eigenvalue weighted by atomic mass is 10.4. The summed E-state index contributed by atoms with van der Waals surface area (Å²) in [6.45, 7) is 0.763. The molecule has 0 saturated carbocycles. The second kappa shape index (κ2) is 9.10. The van der Waals surface area contributed by atoms with Crippen molar-refractivity contribution in [3.63, 3.8) is 0 Å². The number of hydrogen-bond acceptors (Lipinski definition) is 5. The Morgan fingerprint density at radius 1 is 1.45 bits per heavy atom. The third-order valence-electron chi connectivity index (χ3n) is 2.34. The zero-order valence-corrected chi connectivity index (χ0v) is 13.0. The molecule has 0 saturated heterocycles. The standard InChI is InChI=1S/C13H19NO4S2/c1-18-9-4-10-20(16,17)14-11-13-7-6-12(19-13)5-2-3-8-15/h6-7,14-15H,3-4,8-11H2,1H3. The summed E-state index contributed by atoms with van der Waals surface area (Å²) in [6.07, 6.45) is 0.924. The first-order chi connectivity index (χ1) is 9.57. The third-order valence-corrected chi connectivity index (χ3v) is 4.75. The molecular formula is C13H19NO4S2. The maximum absolute atomic E-state index is 11.7. The summed E-state index contributed by atoms with van der Waals surface area (Å²) in [7, 11) is -1.71. The van der Waals surface area contributed by atoms with Gasteiger partial charge in [0.15, 0.2) is 0 Å². The van der Waals surface area contributed by atoms with E-state index in [1.54, 1.807) is 7.11 Å². The Hall–Kier alpha value is -0.910. The van der Waals surface area contributed by atoms with Crippen LogP contribution < -0.4 is 4.72 Å². The molecule has 1 heterocycles. The zero-order chi connectivity index (χ0) is 14.8. The molecule has 0 bridgehead atoms. The van der Waals surface area contributed by atoms with Gasteiger partial charge in [-0.15, -0.1) is 11.3 Å².